The van der Waals surface area contributed by atoms with Crippen LogP contribution in [0.3, 0.4) is 0 Å². The number of rotatable bonds is 8. The molecule has 1 aliphatic rings. The molecule has 0 radical (unpaired) electrons. The SMILES string of the molecule is C=CC(=O)NC(CCC1CO1)OCCC. The second kappa shape index (κ2) is 6.58. The predicted molar refractivity (Wildman–Crippen MR) is 57.3 cm³/mol. The van der Waals surface area contributed by atoms with Crippen molar-refractivity contribution in [3.8, 4) is 0 Å². The number of hydrogen-bond acceptors (Lipinski definition) is 3. The van der Waals surface area contributed by atoms with Gasteiger partial charge in [0.1, 0.15) is 6.23 Å². The van der Waals surface area contributed by atoms with Crippen molar-refractivity contribution in [2.45, 2.75) is 38.5 Å². The van der Waals surface area contributed by atoms with Gasteiger partial charge >= 0.3 is 0 Å². The van der Waals surface area contributed by atoms with Crippen molar-refractivity contribution in [2.75, 3.05) is 13.2 Å². The largest absolute Gasteiger partial charge is 0.373 e. The summed E-state index contributed by atoms with van der Waals surface area (Å²) in [4.78, 5) is 11.1. The van der Waals surface area contributed by atoms with E-state index in [2.05, 4.69) is 11.9 Å². The summed E-state index contributed by atoms with van der Waals surface area (Å²) in [5.41, 5.74) is 0. The lowest BCUT2D eigenvalue weighted by Crippen LogP contribution is -2.36. The van der Waals surface area contributed by atoms with Gasteiger partial charge in [-0.2, -0.15) is 0 Å². The molecule has 0 aromatic carbocycles. The lowest BCUT2D eigenvalue weighted by atomic mass is 10.2. The zero-order chi connectivity index (χ0) is 11.1. The van der Waals surface area contributed by atoms with Crippen molar-refractivity contribution in [1.29, 1.82) is 0 Å². The minimum atomic E-state index is -0.209. The van der Waals surface area contributed by atoms with E-state index >= 15 is 0 Å². The molecular weight excluding hydrogens is 194 g/mol. The first kappa shape index (κ1) is 12.2. The summed E-state index contributed by atoms with van der Waals surface area (Å²) < 4.78 is 10.6. The van der Waals surface area contributed by atoms with Gasteiger partial charge in [-0.3, -0.25) is 4.79 Å². The third kappa shape index (κ3) is 5.54. The first-order valence-electron chi connectivity index (χ1n) is 5.42. The summed E-state index contributed by atoms with van der Waals surface area (Å²) >= 11 is 0. The van der Waals surface area contributed by atoms with E-state index in [1.165, 1.54) is 6.08 Å². The van der Waals surface area contributed by atoms with Crippen LogP contribution in [-0.4, -0.2) is 31.5 Å². The fourth-order valence-corrected chi connectivity index (χ4v) is 1.25. The first-order chi connectivity index (χ1) is 7.26. The van der Waals surface area contributed by atoms with Crippen molar-refractivity contribution >= 4 is 5.91 Å². The number of hydrogen-bond donors (Lipinski definition) is 1. The van der Waals surface area contributed by atoms with E-state index in [1.807, 2.05) is 6.92 Å². The summed E-state index contributed by atoms with van der Waals surface area (Å²) in [5, 5.41) is 2.75. The van der Waals surface area contributed by atoms with Gasteiger partial charge < -0.3 is 14.8 Å². The first-order valence-corrected chi connectivity index (χ1v) is 5.42. The number of amides is 1. The second-order valence-corrected chi connectivity index (χ2v) is 3.60. The van der Waals surface area contributed by atoms with Gasteiger partial charge in [0.2, 0.25) is 5.91 Å². The molecule has 1 heterocycles. The summed E-state index contributed by atoms with van der Waals surface area (Å²) in [6.45, 7) is 6.95. The van der Waals surface area contributed by atoms with Gasteiger partial charge in [0.15, 0.2) is 0 Å². The quantitative estimate of drug-likeness (QED) is 0.375. The molecule has 86 valence electrons. The minimum Gasteiger partial charge on any atom is -0.373 e. The lowest BCUT2D eigenvalue weighted by molar-refractivity contribution is -0.121. The van der Waals surface area contributed by atoms with Crippen LogP contribution in [0.4, 0.5) is 0 Å². The molecular formula is C11H19NO3. The van der Waals surface area contributed by atoms with E-state index < -0.39 is 0 Å². The molecule has 0 spiro atoms. The normalized spacial score (nSPS) is 20.7. The van der Waals surface area contributed by atoms with Gasteiger partial charge in [-0.1, -0.05) is 13.5 Å². The summed E-state index contributed by atoms with van der Waals surface area (Å²) in [7, 11) is 0. The van der Waals surface area contributed by atoms with E-state index in [1.54, 1.807) is 0 Å². The number of carbonyl (C=O) groups excluding carboxylic acids is 1. The standard InChI is InChI=1S/C11H19NO3/c1-3-7-14-11(12-10(13)4-2)6-5-9-8-15-9/h4,9,11H,2-3,5-8H2,1H3,(H,12,13). The molecule has 1 aliphatic heterocycles. The van der Waals surface area contributed by atoms with Crippen LogP contribution in [0.25, 0.3) is 0 Å². The van der Waals surface area contributed by atoms with E-state index in [-0.39, 0.29) is 12.1 Å². The summed E-state index contributed by atoms with van der Waals surface area (Å²) in [5.74, 6) is -0.187. The van der Waals surface area contributed by atoms with Gasteiger partial charge in [0.05, 0.1) is 12.7 Å². The Morgan fingerprint density at radius 2 is 2.53 bits per heavy atom. The fraction of sp³-hybridized carbons (Fsp3) is 0.727. The van der Waals surface area contributed by atoms with E-state index in [4.69, 9.17) is 9.47 Å². The zero-order valence-electron chi connectivity index (χ0n) is 9.20. The van der Waals surface area contributed by atoms with Gasteiger partial charge in [0.25, 0.3) is 0 Å². The van der Waals surface area contributed by atoms with Crippen LogP contribution in [0, 0.1) is 0 Å². The van der Waals surface area contributed by atoms with Gasteiger partial charge in [-0.25, -0.2) is 0 Å². The predicted octanol–water partition coefficient (Wildman–Crippen LogP) is 1.22. The van der Waals surface area contributed by atoms with Gasteiger partial charge in [-0.05, 0) is 25.3 Å². The van der Waals surface area contributed by atoms with Crippen LogP contribution in [0.2, 0.25) is 0 Å². The highest BCUT2D eigenvalue weighted by atomic mass is 16.6. The van der Waals surface area contributed by atoms with E-state index in [9.17, 15) is 4.79 Å². The van der Waals surface area contributed by atoms with Gasteiger partial charge in [-0.15, -0.1) is 0 Å². The van der Waals surface area contributed by atoms with Gasteiger partial charge in [0, 0.05) is 6.61 Å². The molecule has 1 fully saturated rings. The van der Waals surface area contributed by atoms with Crippen LogP contribution in [0.15, 0.2) is 12.7 Å². The zero-order valence-corrected chi connectivity index (χ0v) is 9.20. The Morgan fingerprint density at radius 1 is 1.80 bits per heavy atom. The van der Waals surface area contributed by atoms with Crippen molar-refractivity contribution in [3.63, 3.8) is 0 Å². The average Bonchev–Trinajstić information content (AvgIpc) is 3.05. The average molecular weight is 213 g/mol. The maximum atomic E-state index is 11.1. The Balaban J connectivity index is 2.22. The molecule has 4 heteroatoms. The van der Waals surface area contributed by atoms with Crippen molar-refractivity contribution in [1.82, 2.24) is 5.32 Å². The fourth-order valence-electron chi connectivity index (χ4n) is 1.25. The highest BCUT2D eigenvalue weighted by Gasteiger charge is 2.24. The van der Waals surface area contributed by atoms with Crippen molar-refractivity contribution in [3.05, 3.63) is 12.7 Å². The smallest absolute Gasteiger partial charge is 0.245 e. The summed E-state index contributed by atoms with van der Waals surface area (Å²) in [6, 6.07) is 0. The van der Waals surface area contributed by atoms with Crippen LogP contribution in [0.5, 0.6) is 0 Å². The number of epoxide rings is 1. The van der Waals surface area contributed by atoms with Crippen molar-refractivity contribution in [2.24, 2.45) is 0 Å². The molecule has 0 aliphatic carbocycles. The van der Waals surface area contributed by atoms with Crippen LogP contribution in [0.1, 0.15) is 26.2 Å². The maximum absolute atomic E-state index is 11.1. The summed E-state index contributed by atoms with van der Waals surface area (Å²) in [6.07, 6.45) is 4.10. The topological polar surface area (TPSA) is 50.9 Å². The Morgan fingerprint density at radius 3 is 3.07 bits per heavy atom. The highest BCUT2D eigenvalue weighted by Crippen LogP contribution is 2.17. The molecule has 1 N–H and O–H groups in total. The maximum Gasteiger partial charge on any atom is 0.245 e. The molecule has 1 saturated heterocycles. The van der Waals surface area contributed by atoms with Crippen LogP contribution in [-0.2, 0) is 14.3 Å². The Labute approximate surface area is 90.6 Å². The molecule has 2 atom stereocenters. The molecule has 2 unspecified atom stereocenters. The Bertz CT molecular complexity index is 214. The minimum absolute atomic E-state index is 0.187. The molecule has 1 amide bonds. The molecule has 0 aromatic rings. The van der Waals surface area contributed by atoms with E-state index in [0.717, 1.165) is 25.9 Å². The molecule has 1 rings (SSSR count). The Kier molecular flexibility index (Phi) is 5.36. The molecule has 0 bridgehead atoms. The Hall–Kier alpha value is -0.870. The van der Waals surface area contributed by atoms with Crippen molar-refractivity contribution < 1.29 is 14.3 Å². The van der Waals surface area contributed by atoms with E-state index in [0.29, 0.717) is 12.7 Å². The molecule has 0 saturated carbocycles. The lowest BCUT2D eigenvalue weighted by Gasteiger charge is -2.17. The highest BCUT2D eigenvalue weighted by molar-refractivity contribution is 5.86. The molecule has 15 heavy (non-hydrogen) atoms. The third-order valence-corrected chi connectivity index (χ3v) is 2.17. The third-order valence-electron chi connectivity index (χ3n) is 2.17. The monoisotopic (exact) mass is 213 g/mol. The number of carbonyl (C=O) groups is 1. The van der Waals surface area contributed by atoms with Crippen LogP contribution >= 0.6 is 0 Å². The molecule has 4 nitrogen and oxygen atoms in total. The second-order valence-electron chi connectivity index (χ2n) is 3.60. The number of ether oxygens (including phenoxy) is 2. The number of nitrogens with one attached hydrogen (secondary N) is 1. The van der Waals surface area contributed by atoms with Crippen LogP contribution < -0.4 is 5.32 Å². The molecule has 0 aromatic heterocycles.